The van der Waals surface area contributed by atoms with Crippen molar-refractivity contribution in [2.75, 3.05) is 4.90 Å². The minimum atomic E-state index is -0.410. The molecule has 58 heavy (non-hydrogen) atoms. The molecule has 3 nitrogen and oxygen atoms in total. The number of fused-ring (bicyclic) bond motifs is 6. The molecule has 0 spiro atoms. The van der Waals surface area contributed by atoms with Crippen LogP contribution in [0.25, 0.3) is 44.5 Å². The highest BCUT2D eigenvalue weighted by atomic mass is 16.7. The predicted octanol–water partition coefficient (Wildman–Crippen LogP) is 13.4. The summed E-state index contributed by atoms with van der Waals surface area (Å²) in [5, 5.41) is 0. The lowest BCUT2D eigenvalue weighted by Gasteiger charge is -2.32. The molecule has 286 valence electrons. The van der Waals surface area contributed by atoms with E-state index in [1.807, 2.05) is 0 Å². The molecule has 0 atom stereocenters. The third-order valence-electron chi connectivity index (χ3n) is 13.7. The number of hydrogen-bond acceptors (Lipinski definition) is 3. The van der Waals surface area contributed by atoms with Crippen molar-refractivity contribution in [3.63, 3.8) is 0 Å². The van der Waals surface area contributed by atoms with Crippen LogP contribution in [0.5, 0.6) is 0 Å². The van der Waals surface area contributed by atoms with Gasteiger partial charge in [0.1, 0.15) is 0 Å². The van der Waals surface area contributed by atoms with E-state index >= 15 is 0 Å². The van der Waals surface area contributed by atoms with Gasteiger partial charge >= 0.3 is 7.12 Å². The predicted molar refractivity (Wildman–Crippen MR) is 243 cm³/mol. The molecule has 0 unspecified atom stereocenters. The van der Waals surface area contributed by atoms with E-state index in [2.05, 4.69) is 218 Å². The highest BCUT2D eigenvalue weighted by Crippen LogP contribution is 2.56. The zero-order valence-corrected chi connectivity index (χ0v) is 34.9. The van der Waals surface area contributed by atoms with Gasteiger partial charge in [0, 0.05) is 27.8 Å². The molecule has 0 aromatic heterocycles. The van der Waals surface area contributed by atoms with Crippen molar-refractivity contribution in [1.82, 2.24) is 0 Å². The SMILES string of the molecule is CC1(C)c2ccccc2-c2ccc(N(c3cccc(-c4cccc(-c5cccc(B6OC(C)(C)C(C)(C)O6)c5)c4)c3)c3cccc4c3-c3ccccc3C4(C)C)cc21. The minimum absolute atomic E-state index is 0.114. The Balaban J connectivity index is 1.10. The molecule has 1 saturated heterocycles. The van der Waals surface area contributed by atoms with Gasteiger partial charge < -0.3 is 14.2 Å². The molecule has 7 aromatic carbocycles. The van der Waals surface area contributed by atoms with E-state index in [0.717, 1.165) is 39.1 Å². The Hall–Kier alpha value is -5.68. The smallest absolute Gasteiger partial charge is 0.399 e. The van der Waals surface area contributed by atoms with E-state index in [0.29, 0.717) is 0 Å². The van der Waals surface area contributed by atoms with Crippen molar-refractivity contribution in [2.24, 2.45) is 0 Å². The number of hydrogen-bond donors (Lipinski definition) is 0. The van der Waals surface area contributed by atoms with E-state index in [1.165, 1.54) is 50.2 Å². The fraction of sp³-hybridized carbons (Fsp3) is 0.222. The fourth-order valence-corrected chi connectivity index (χ4v) is 9.73. The number of benzene rings is 7. The van der Waals surface area contributed by atoms with Gasteiger partial charge in [-0.3, -0.25) is 0 Å². The zero-order chi connectivity index (χ0) is 40.2. The van der Waals surface area contributed by atoms with Crippen molar-refractivity contribution in [3.05, 3.63) is 180 Å². The lowest BCUT2D eigenvalue weighted by Crippen LogP contribution is -2.41. The summed E-state index contributed by atoms with van der Waals surface area (Å²) in [5.41, 5.74) is 18.8. The summed E-state index contributed by atoms with van der Waals surface area (Å²) < 4.78 is 12.9. The van der Waals surface area contributed by atoms with Gasteiger partial charge in [0.25, 0.3) is 0 Å². The van der Waals surface area contributed by atoms with Crippen molar-refractivity contribution in [3.8, 4) is 44.5 Å². The summed E-state index contributed by atoms with van der Waals surface area (Å²) in [6.07, 6.45) is 0. The maximum Gasteiger partial charge on any atom is 0.494 e. The van der Waals surface area contributed by atoms with Gasteiger partial charge in [-0.2, -0.15) is 0 Å². The maximum absolute atomic E-state index is 6.43. The molecule has 0 amide bonds. The average molecular weight is 756 g/mol. The maximum atomic E-state index is 6.43. The van der Waals surface area contributed by atoms with Gasteiger partial charge in [-0.05, 0) is 131 Å². The van der Waals surface area contributed by atoms with Crippen LogP contribution in [0.2, 0.25) is 0 Å². The molecule has 1 heterocycles. The summed E-state index contributed by atoms with van der Waals surface area (Å²) >= 11 is 0. The monoisotopic (exact) mass is 755 g/mol. The van der Waals surface area contributed by atoms with Gasteiger partial charge in [0.05, 0.1) is 16.9 Å². The van der Waals surface area contributed by atoms with Crippen LogP contribution in [0, 0.1) is 0 Å². The molecule has 3 aliphatic rings. The average Bonchev–Trinajstić information content (AvgIpc) is 3.71. The Kier molecular flexibility index (Phi) is 8.16. The number of anilines is 3. The lowest BCUT2D eigenvalue weighted by molar-refractivity contribution is 0.00578. The van der Waals surface area contributed by atoms with Crippen LogP contribution in [-0.4, -0.2) is 18.3 Å². The largest absolute Gasteiger partial charge is 0.494 e. The molecule has 0 N–H and O–H groups in total. The first-order chi connectivity index (χ1) is 27.7. The van der Waals surface area contributed by atoms with E-state index in [1.54, 1.807) is 0 Å². The van der Waals surface area contributed by atoms with Crippen LogP contribution in [0.15, 0.2) is 158 Å². The standard InChI is InChI=1S/C54H50BNO2/c1-51(2)46-26-12-10-24-44(46)50-47(51)27-16-28-49(50)56(41-29-30-43-42-23-9-11-25-45(42)52(3,4)48(43)34-41)40-22-15-20-38(33-40)36-18-13-17-35(31-36)37-19-14-21-39(32-37)55-57-53(5,6)54(7,8)58-55/h9-34H,1-8H3. The molecule has 2 aliphatic carbocycles. The van der Waals surface area contributed by atoms with Gasteiger partial charge in [0.15, 0.2) is 0 Å². The third kappa shape index (κ3) is 5.57. The highest BCUT2D eigenvalue weighted by molar-refractivity contribution is 6.62. The van der Waals surface area contributed by atoms with Crippen LogP contribution in [0.1, 0.15) is 77.6 Å². The van der Waals surface area contributed by atoms with Gasteiger partial charge in [-0.15, -0.1) is 0 Å². The van der Waals surface area contributed by atoms with Crippen LogP contribution >= 0.6 is 0 Å². The van der Waals surface area contributed by atoms with Crippen molar-refractivity contribution in [1.29, 1.82) is 0 Å². The van der Waals surface area contributed by atoms with E-state index in [4.69, 9.17) is 9.31 Å². The quantitative estimate of drug-likeness (QED) is 0.158. The van der Waals surface area contributed by atoms with E-state index < -0.39 is 18.3 Å². The molecule has 0 bridgehead atoms. The van der Waals surface area contributed by atoms with Crippen LogP contribution in [-0.2, 0) is 20.1 Å². The summed E-state index contributed by atoms with van der Waals surface area (Å²) in [4.78, 5) is 2.50. The van der Waals surface area contributed by atoms with Gasteiger partial charge in [-0.25, -0.2) is 0 Å². The summed E-state index contributed by atoms with van der Waals surface area (Å²) in [6, 6.07) is 58.4. The Morgan fingerprint density at radius 3 is 1.60 bits per heavy atom. The molecule has 0 saturated carbocycles. The first kappa shape index (κ1) is 36.7. The summed E-state index contributed by atoms with van der Waals surface area (Å²) in [5.74, 6) is 0. The second-order valence-corrected chi connectivity index (χ2v) is 18.5. The number of rotatable bonds is 6. The Morgan fingerprint density at radius 1 is 0.397 bits per heavy atom. The fourth-order valence-electron chi connectivity index (χ4n) is 9.73. The molecule has 4 heteroatoms. The summed E-state index contributed by atoms with van der Waals surface area (Å²) in [7, 11) is -0.410. The molecule has 7 aromatic rings. The van der Waals surface area contributed by atoms with E-state index in [-0.39, 0.29) is 10.8 Å². The first-order valence-electron chi connectivity index (χ1n) is 20.7. The highest BCUT2D eigenvalue weighted by Gasteiger charge is 2.51. The topological polar surface area (TPSA) is 21.7 Å². The third-order valence-corrected chi connectivity index (χ3v) is 13.7. The van der Waals surface area contributed by atoms with E-state index in [9.17, 15) is 0 Å². The molecule has 1 fully saturated rings. The number of nitrogens with zero attached hydrogens (tertiary/aromatic N) is 1. The summed E-state index contributed by atoms with van der Waals surface area (Å²) in [6.45, 7) is 17.9. The van der Waals surface area contributed by atoms with Crippen LogP contribution in [0.4, 0.5) is 17.1 Å². The first-order valence-corrected chi connectivity index (χ1v) is 20.7. The molecular weight excluding hydrogens is 705 g/mol. The second kappa shape index (κ2) is 12.9. The molecule has 10 rings (SSSR count). The van der Waals surface area contributed by atoms with Crippen molar-refractivity contribution in [2.45, 2.75) is 77.4 Å². The lowest BCUT2D eigenvalue weighted by atomic mass is 9.78. The Morgan fingerprint density at radius 2 is 0.897 bits per heavy atom. The van der Waals surface area contributed by atoms with Gasteiger partial charge in [-0.1, -0.05) is 149 Å². The van der Waals surface area contributed by atoms with Gasteiger partial charge in [0.2, 0.25) is 0 Å². The Labute approximate surface area is 344 Å². The normalized spacial score (nSPS) is 17.3. The van der Waals surface area contributed by atoms with Crippen molar-refractivity contribution < 1.29 is 9.31 Å². The van der Waals surface area contributed by atoms with Crippen LogP contribution in [0.3, 0.4) is 0 Å². The zero-order valence-electron chi connectivity index (χ0n) is 34.9. The van der Waals surface area contributed by atoms with Crippen LogP contribution < -0.4 is 10.4 Å². The Bertz CT molecular complexity index is 2760. The minimum Gasteiger partial charge on any atom is -0.399 e. The van der Waals surface area contributed by atoms with Crippen molar-refractivity contribution >= 4 is 29.6 Å². The molecular formula is C54H50BNO2. The molecule has 0 radical (unpaired) electrons. The molecule has 1 aliphatic heterocycles. The second-order valence-electron chi connectivity index (χ2n) is 18.5.